The first-order valence-corrected chi connectivity index (χ1v) is 11.0. The third kappa shape index (κ3) is 4.24. The SMILES string of the molecule is O=S(=O)(CC1CC1)c1ncc(CN2CCOCC2)n1C[C@@H]1CCCO1. The zero-order valence-electron chi connectivity index (χ0n) is 14.6. The van der Waals surface area contributed by atoms with Gasteiger partial charge in [0.2, 0.25) is 15.0 Å². The summed E-state index contributed by atoms with van der Waals surface area (Å²) in [5, 5.41) is 0.234. The number of aromatic nitrogens is 2. The van der Waals surface area contributed by atoms with E-state index in [1.807, 2.05) is 4.57 Å². The van der Waals surface area contributed by atoms with Gasteiger partial charge < -0.3 is 14.0 Å². The Balaban J connectivity index is 1.58. The summed E-state index contributed by atoms with van der Waals surface area (Å²) in [6.45, 7) is 5.26. The van der Waals surface area contributed by atoms with E-state index in [4.69, 9.17) is 9.47 Å². The molecule has 140 valence electrons. The minimum atomic E-state index is -3.34. The Bertz CT molecular complexity index is 687. The molecule has 3 fully saturated rings. The van der Waals surface area contributed by atoms with Gasteiger partial charge in [-0.1, -0.05) is 0 Å². The van der Waals surface area contributed by atoms with Crippen LogP contribution in [0.4, 0.5) is 0 Å². The molecule has 25 heavy (non-hydrogen) atoms. The summed E-state index contributed by atoms with van der Waals surface area (Å²) in [6, 6.07) is 0. The van der Waals surface area contributed by atoms with Crippen molar-refractivity contribution < 1.29 is 17.9 Å². The highest BCUT2D eigenvalue weighted by atomic mass is 32.2. The van der Waals surface area contributed by atoms with E-state index in [2.05, 4.69) is 9.88 Å². The second kappa shape index (κ2) is 7.34. The molecule has 0 aromatic carbocycles. The zero-order valence-corrected chi connectivity index (χ0v) is 15.4. The molecule has 0 N–H and O–H groups in total. The van der Waals surface area contributed by atoms with Crippen LogP contribution in [0.15, 0.2) is 11.4 Å². The number of hydrogen-bond donors (Lipinski definition) is 0. The molecule has 3 heterocycles. The van der Waals surface area contributed by atoms with Gasteiger partial charge in [-0.05, 0) is 31.6 Å². The van der Waals surface area contributed by atoms with Crippen molar-refractivity contribution in [2.45, 2.75) is 50.0 Å². The number of imidazole rings is 1. The minimum Gasteiger partial charge on any atom is -0.379 e. The molecule has 1 aliphatic carbocycles. The quantitative estimate of drug-likeness (QED) is 0.716. The second-order valence-corrected chi connectivity index (χ2v) is 9.32. The van der Waals surface area contributed by atoms with Gasteiger partial charge in [-0.15, -0.1) is 0 Å². The van der Waals surface area contributed by atoms with Crippen molar-refractivity contribution >= 4 is 9.84 Å². The highest BCUT2D eigenvalue weighted by molar-refractivity contribution is 7.91. The highest BCUT2D eigenvalue weighted by Crippen LogP contribution is 2.32. The number of sulfone groups is 1. The van der Waals surface area contributed by atoms with Crippen LogP contribution in [0.2, 0.25) is 0 Å². The molecule has 7 nitrogen and oxygen atoms in total. The van der Waals surface area contributed by atoms with Crippen LogP contribution in [0.1, 0.15) is 31.4 Å². The summed E-state index contributed by atoms with van der Waals surface area (Å²) >= 11 is 0. The lowest BCUT2D eigenvalue weighted by Gasteiger charge is -2.27. The van der Waals surface area contributed by atoms with E-state index in [-0.39, 0.29) is 17.0 Å². The van der Waals surface area contributed by atoms with Gasteiger partial charge in [0.1, 0.15) is 0 Å². The van der Waals surface area contributed by atoms with Crippen molar-refractivity contribution in [3.63, 3.8) is 0 Å². The lowest BCUT2D eigenvalue weighted by Crippen LogP contribution is -2.36. The van der Waals surface area contributed by atoms with Gasteiger partial charge in [0.15, 0.2) is 0 Å². The van der Waals surface area contributed by atoms with Crippen LogP contribution in [0, 0.1) is 5.92 Å². The lowest BCUT2D eigenvalue weighted by atomic mass is 10.2. The van der Waals surface area contributed by atoms with Gasteiger partial charge >= 0.3 is 0 Å². The molecule has 1 aromatic rings. The Hall–Kier alpha value is -0.960. The maximum atomic E-state index is 12.8. The summed E-state index contributed by atoms with van der Waals surface area (Å²) in [5.41, 5.74) is 0.965. The summed E-state index contributed by atoms with van der Waals surface area (Å²) in [5.74, 6) is 0.549. The van der Waals surface area contributed by atoms with Gasteiger partial charge in [-0.25, -0.2) is 13.4 Å². The first-order chi connectivity index (χ1) is 12.1. The fourth-order valence-corrected chi connectivity index (χ4v) is 5.46. The van der Waals surface area contributed by atoms with E-state index in [0.717, 1.165) is 64.3 Å². The van der Waals surface area contributed by atoms with Crippen LogP contribution in [-0.4, -0.2) is 67.6 Å². The van der Waals surface area contributed by atoms with Crippen molar-refractivity contribution in [2.24, 2.45) is 5.92 Å². The van der Waals surface area contributed by atoms with Gasteiger partial charge in [0.05, 0.1) is 43.5 Å². The lowest BCUT2D eigenvalue weighted by molar-refractivity contribution is 0.0324. The number of hydrogen-bond acceptors (Lipinski definition) is 6. The van der Waals surface area contributed by atoms with Crippen LogP contribution in [-0.2, 0) is 32.4 Å². The van der Waals surface area contributed by atoms with E-state index in [1.165, 1.54) is 0 Å². The molecule has 1 atom stereocenters. The maximum Gasteiger partial charge on any atom is 0.227 e. The monoisotopic (exact) mass is 369 g/mol. The Morgan fingerprint density at radius 1 is 1.16 bits per heavy atom. The molecular weight excluding hydrogens is 342 g/mol. The van der Waals surface area contributed by atoms with Crippen LogP contribution >= 0.6 is 0 Å². The Labute approximate surface area is 149 Å². The van der Waals surface area contributed by atoms with E-state index < -0.39 is 9.84 Å². The second-order valence-electron chi connectivity index (χ2n) is 7.39. The van der Waals surface area contributed by atoms with E-state index in [9.17, 15) is 8.42 Å². The molecule has 0 bridgehead atoms. The molecule has 0 amide bonds. The molecule has 1 aromatic heterocycles. The fourth-order valence-electron chi connectivity index (χ4n) is 3.61. The molecular formula is C17H27N3O4S. The Morgan fingerprint density at radius 3 is 2.64 bits per heavy atom. The number of ether oxygens (including phenoxy) is 2. The van der Waals surface area contributed by atoms with Crippen molar-refractivity contribution in [1.29, 1.82) is 0 Å². The van der Waals surface area contributed by atoms with Gasteiger partial charge in [0, 0.05) is 26.2 Å². The van der Waals surface area contributed by atoms with Crippen LogP contribution < -0.4 is 0 Å². The highest BCUT2D eigenvalue weighted by Gasteiger charge is 2.33. The van der Waals surface area contributed by atoms with Crippen LogP contribution in [0.5, 0.6) is 0 Å². The normalized spacial score (nSPS) is 25.5. The third-order valence-corrected chi connectivity index (χ3v) is 7.02. The van der Waals surface area contributed by atoms with Gasteiger partial charge in [-0.2, -0.15) is 0 Å². The first kappa shape index (κ1) is 17.5. The minimum absolute atomic E-state index is 0.0903. The average Bonchev–Trinajstić information content (AvgIpc) is 3.09. The molecule has 0 spiro atoms. The third-order valence-electron chi connectivity index (χ3n) is 5.23. The van der Waals surface area contributed by atoms with E-state index in [1.54, 1.807) is 6.20 Å². The maximum absolute atomic E-state index is 12.8. The van der Waals surface area contributed by atoms with Crippen molar-refractivity contribution in [2.75, 3.05) is 38.7 Å². The Morgan fingerprint density at radius 2 is 1.96 bits per heavy atom. The summed E-state index contributed by atoms with van der Waals surface area (Å²) in [6.07, 6.45) is 5.90. The number of nitrogens with zero attached hydrogens (tertiary/aromatic N) is 3. The molecule has 8 heteroatoms. The molecule has 1 saturated carbocycles. The topological polar surface area (TPSA) is 73.7 Å². The molecule has 2 saturated heterocycles. The van der Waals surface area contributed by atoms with Crippen molar-refractivity contribution in [3.05, 3.63) is 11.9 Å². The van der Waals surface area contributed by atoms with E-state index in [0.29, 0.717) is 19.0 Å². The molecule has 0 unspecified atom stereocenters. The molecule has 4 rings (SSSR count). The summed E-state index contributed by atoms with van der Waals surface area (Å²) < 4.78 is 38.7. The largest absolute Gasteiger partial charge is 0.379 e. The van der Waals surface area contributed by atoms with Crippen LogP contribution in [0.25, 0.3) is 0 Å². The smallest absolute Gasteiger partial charge is 0.227 e. The molecule has 3 aliphatic rings. The standard InChI is InChI=1S/C17H27N3O4S/c21-25(22,13-14-3-4-14)17-18-10-15(11-19-5-8-23-9-6-19)20(17)12-16-2-1-7-24-16/h10,14,16H,1-9,11-13H2/t16-/m0/s1. The van der Waals surface area contributed by atoms with Crippen molar-refractivity contribution in [3.8, 4) is 0 Å². The number of morpholine rings is 1. The summed E-state index contributed by atoms with van der Waals surface area (Å²) in [4.78, 5) is 6.63. The Kier molecular flexibility index (Phi) is 5.13. The van der Waals surface area contributed by atoms with Crippen molar-refractivity contribution in [1.82, 2.24) is 14.5 Å². The number of rotatable bonds is 7. The van der Waals surface area contributed by atoms with Gasteiger partial charge in [0.25, 0.3) is 0 Å². The first-order valence-electron chi connectivity index (χ1n) is 9.31. The summed E-state index contributed by atoms with van der Waals surface area (Å²) in [7, 11) is -3.34. The molecule has 0 radical (unpaired) electrons. The predicted molar refractivity (Wildman–Crippen MR) is 92.1 cm³/mol. The van der Waals surface area contributed by atoms with Crippen LogP contribution in [0.3, 0.4) is 0 Å². The molecule has 2 aliphatic heterocycles. The van der Waals surface area contributed by atoms with E-state index >= 15 is 0 Å². The predicted octanol–water partition coefficient (Wildman–Crippen LogP) is 1.08. The van der Waals surface area contributed by atoms with Gasteiger partial charge in [-0.3, -0.25) is 4.90 Å². The fraction of sp³-hybridized carbons (Fsp3) is 0.824. The average molecular weight is 369 g/mol. The zero-order chi connectivity index (χ0) is 17.3.